The standard InChI is InChI=1S/C16H15ClO3/c1-11(9-16(18)19)20-15-8-7-13(10-14(15)17)12-5-3-2-4-6-12/h2-8,10-11H,9H2,1H3,(H,18,19). The monoisotopic (exact) mass is 290 g/mol. The first kappa shape index (κ1) is 14.4. The summed E-state index contributed by atoms with van der Waals surface area (Å²) in [6.45, 7) is 1.70. The van der Waals surface area contributed by atoms with Gasteiger partial charge in [-0.05, 0) is 30.2 Å². The number of carboxylic acids is 1. The smallest absolute Gasteiger partial charge is 0.307 e. The Morgan fingerprint density at radius 3 is 2.50 bits per heavy atom. The molecule has 0 radical (unpaired) electrons. The van der Waals surface area contributed by atoms with Gasteiger partial charge in [0.05, 0.1) is 11.4 Å². The molecule has 104 valence electrons. The molecule has 0 spiro atoms. The van der Waals surface area contributed by atoms with Crippen LogP contribution in [0.1, 0.15) is 13.3 Å². The summed E-state index contributed by atoms with van der Waals surface area (Å²) >= 11 is 6.19. The highest BCUT2D eigenvalue weighted by molar-refractivity contribution is 6.32. The molecule has 1 N–H and O–H groups in total. The van der Waals surface area contributed by atoms with E-state index < -0.39 is 12.1 Å². The van der Waals surface area contributed by atoms with Crippen molar-refractivity contribution in [3.8, 4) is 16.9 Å². The number of hydrogen-bond donors (Lipinski definition) is 1. The van der Waals surface area contributed by atoms with Gasteiger partial charge < -0.3 is 9.84 Å². The van der Waals surface area contributed by atoms with Crippen molar-refractivity contribution in [3.05, 3.63) is 53.6 Å². The van der Waals surface area contributed by atoms with Crippen LogP contribution in [0.3, 0.4) is 0 Å². The van der Waals surface area contributed by atoms with Crippen LogP contribution in [0.25, 0.3) is 11.1 Å². The van der Waals surface area contributed by atoms with Gasteiger partial charge in [-0.15, -0.1) is 0 Å². The Kier molecular flexibility index (Phi) is 4.64. The molecule has 1 atom stereocenters. The molecule has 0 saturated carbocycles. The molecule has 20 heavy (non-hydrogen) atoms. The molecule has 0 bridgehead atoms. The Morgan fingerprint density at radius 2 is 1.90 bits per heavy atom. The van der Waals surface area contributed by atoms with Crippen LogP contribution in [-0.4, -0.2) is 17.2 Å². The molecule has 4 heteroatoms. The molecule has 0 heterocycles. The molecule has 3 nitrogen and oxygen atoms in total. The quantitative estimate of drug-likeness (QED) is 0.895. The highest BCUT2D eigenvalue weighted by Crippen LogP contribution is 2.31. The molecular formula is C16H15ClO3. The molecule has 2 rings (SSSR count). The first-order valence-electron chi connectivity index (χ1n) is 6.29. The maximum absolute atomic E-state index is 10.6. The largest absolute Gasteiger partial charge is 0.489 e. The number of benzene rings is 2. The lowest BCUT2D eigenvalue weighted by Crippen LogP contribution is -2.16. The average molecular weight is 291 g/mol. The number of hydrogen-bond acceptors (Lipinski definition) is 2. The lowest BCUT2D eigenvalue weighted by Gasteiger charge is -2.14. The third-order valence-corrected chi connectivity index (χ3v) is 3.12. The zero-order valence-electron chi connectivity index (χ0n) is 11.0. The van der Waals surface area contributed by atoms with E-state index in [-0.39, 0.29) is 6.42 Å². The van der Waals surface area contributed by atoms with E-state index in [1.165, 1.54) is 0 Å². The van der Waals surface area contributed by atoms with E-state index in [0.29, 0.717) is 10.8 Å². The van der Waals surface area contributed by atoms with Crippen LogP contribution >= 0.6 is 11.6 Å². The van der Waals surface area contributed by atoms with Gasteiger partial charge in [-0.2, -0.15) is 0 Å². The molecule has 0 amide bonds. The third kappa shape index (κ3) is 3.75. The molecule has 0 aliphatic rings. The van der Waals surface area contributed by atoms with Crippen molar-refractivity contribution in [2.24, 2.45) is 0 Å². The van der Waals surface area contributed by atoms with Gasteiger partial charge >= 0.3 is 5.97 Å². The van der Waals surface area contributed by atoms with E-state index in [4.69, 9.17) is 21.4 Å². The van der Waals surface area contributed by atoms with Gasteiger partial charge in [0.2, 0.25) is 0 Å². The summed E-state index contributed by atoms with van der Waals surface area (Å²) in [5, 5.41) is 9.19. The molecule has 0 aliphatic heterocycles. The van der Waals surface area contributed by atoms with Crippen LogP contribution < -0.4 is 4.74 Å². The average Bonchev–Trinajstić information content (AvgIpc) is 2.41. The van der Waals surface area contributed by atoms with Crippen molar-refractivity contribution in [2.45, 2.75) is 19.4 Å². The fourth-order valence-corrected chi connectivity index (χ4v) is 2.14. The Balaban J connectivity index is 2.16. The predicted octanol–water partition coefficient (Wildman–Crippen LogP) is 4.25. The molecule has 2 aromatic rings. The lowest BCUT2D eigenvalue weighted by molar-refractivity contribution is -0.138. The van der Waals surface area contributed by atoms with E-state index in [1.807, 2.05) is 42.5 Å². The molecule has 0 saturated heterocycles. The van der Waals surface area contributed by atoms with E-state index in [9.17, 15) is 4.79 Å². The van der Waals surface area contributed by atoms with Crippen LogP contribution in [0.5, 0.6) is 5.75 Å². The maximum atomic E-state index is 10.6. The van der Waals surface area contributed by atoms with Gasteiger partial charge in [-0.1, -0.05) is 48.0 Å². The summed E-state index contributed by atoms with van der Waals surface area (Å²) in [5.41, 5.74) is 2.06. The fourth-order valence-electron chi connectivity index (χ4n) is 1.91. The van der Waals surface area contributed by atoms with Gasteiger partial charge in [0.25, 0.3) is 0 Å². The molecule has 1 unspecified atom stereocenters. The van der Waals surface area contributed by atoms with Gasteiger partial charge in [-0.25, -0.2) is 0 Å². The summed E-state index contributed by atoms with van der Waals surface area (Å²) < 4.78 is 5.53. The second-order valence-corrected chi connectivity index (χ2v) is 4.94. The second-order valence-electron chi connectivity index (χ2n) is 4.54. The number of aliphatic carboxylic acids is 1. The number of ether oxygens (including phenoxy) is 1. The van der Waals surface area contributed by atoms with Crippen LogP contribution in [0.15, 0.2) is 48.5 Å². The number of carbonyl (C=O) groups is 1. The first-order valence-corrected chi connectivity index (χ1v) is 6.67. The zero-order chi connectivity index (χ0) is 14.5. The van der Waals surface area contributed by atoms with E-state index in [1.54, 1.807) is 13.0 Å². The van der Waals surface area contributed by atoms with E-state index >= 15 is 0 Å². The minimum Gasteiger partial charge on any atom is -0.489 e. The minimum atomic E-state index is -0.894. The third-order valence-electron chi connectivity index (χ3n) is 2.83. The molecule has 0 aliphatic carbocycles. The number of halogens is 1. The van der Waals surface area contributed by atoms with E-state index in [2.05, 4.69) is 0 Å². The Bertz CT molecular complexity index is 596. The predicted molar refractivity (Wildman–Crippen MR) is 79.2 cm³/mol. The van der Waals surface area contributed by atoms with Crippen LogP contribution in [-0.2, 0) is 4.79 Å². The summed E-state index contributed by atoms with van der Waals surface area (Å²) in [7, 11) is 0. The van der Waals surface area contributed by atoms with Crippen LogP contribution in [0.4, 0.5) is 0 Å². The minimum absolute atomic E-state index is 0.0588. The van der Waals surface area contributed by atoms with Crippen molar-refractivity contribution in [1.82, 2.24) is 0 Å². The summed E-state index contributed by atoms with van der Waals surface area (Å²) in [6.07, 6.45) is -0.482. The normalized spacial score (nSPS) is 11.9. The second kappa shape index (κ2) is 6.44. The van der Waals surface area contributed by atoms with Crippen molar-refractivity contribution in [2.75, 3.05) is 0 Å². The van der Waals surface area contributed by atoms with Crippen LogP contribution in [0, 0.1) is 0 Å². The lowest BCUT2D eigenvalue weighted by atomic mass is 10.1. The molecule has 2 aromatic carbocycles. The van der Waals surface area contributed by atoms with Gasteiger partial charge in [0.15, 0.2) is 0 Å². The van der Waals surface area contributed by atoms with Crippen LogP contribution in [0.2, 0.25) is 5.02 Å². The van der Waals surface area contributed by atoms with Gasteiger partial charge in [0.1, 0.15) is 11.9 Å². The number of carboxylic acid groups (broad SMARTS) is 1. The highest BCUT2D eigenvalue weighted by atomic mass is 35.5. The molecular weight excluding hydrogens is 276 g/mol. The van der Waals surface area contributed by atoms with Crippen molar-refractivity contribution < 1.29 is 14.6 Å². The summed E-state index contributed by atoms with van der Waals surface area (Å²) in [6, 6.07) is 15.4. The maximum Gasteiger partial charge on any atom is 0.307 e. The SMILES string of the molecule is CC(CC(=O)O)Oc1ccc(-c2ccccc2)cc1Cl. The van der Waals surface area contributed by atoms with E-state index in [0.717, 1.165) is 11.1 Å². The zero-order valence-corrected chi connectivity index (χ0v) is 11.8. The Morgan fingerprint density at radius 1 is 1.20 bits per heavy atom. The first-order chi connectivity index (χ1) is 9.56. The van der Waals surface area contributed by atoms with Crippen molar-refractivity contribution >= 4 is 17.6 Å². The summed E-state index contributed by atoms with van der Waals surface area (Å²) in [4.78, 5) is 10.6. The van der Waals surface area contributed by atoms with Gasteiger partial charge in [0, 0.05) is 0 Å². The fraction of sp³-hybridized carbons (Fsp3) is 0.188. The Hall–Kier alpha value is -2.00. The van der Waals surface area contributed by atoms with Crippen molar-refractivity contribution in [1.29, 1.82) is 0 Å². The summed E-state index contributed by atoms with van der Waals surface area (Å²) in [5.74, 6) is -0.394. The number of rotatable bonds is 5. The topological polar surface area (TPSA) is 46.5 Å². The Labute approximate surface area is 122 Å². The molecule has 0 fully saturated rings. The van der Waals surface area contributed by atoms with Crippen molar-refractivity contribution in [3.63, 3.8) is 0 Å². The van der Waals surface area contributed by atoms with Gasteiger partial charge in [-0.3, -0.25) is 4.79 Å². The highest BCUT2D eigenvalue weighted by Gasteiger charge is 2.12. The molecule has 0 aromatic heterocycles.